The first kappa shape index (κ1) is 20.1. The second-order valence-corrected chi connectivity index (χ2v) is 6.79. The number of guanidine groups is 1. The molecular weight excluding hydrogens is 354 g/mol. The summed E-state index contributed by atoms with van der Waals surface area (Å²) in [6, 6.07) is 13.5. The SMILES string of the molecule is CN=C(NCCN1CCOCC1)NCc1ccc(Cn2ccccc2=O)cc1. The molecule has 0 amide bonds. The molecule has 1 aromatic heterocycles. The lowest BCUT2D eigenvalue weighted by atomic mass is 10.1. The smallest absolute Gasteiger partial charge is 0.250 e. The standard InChI is InChI=1S/C21H29N5O2/c1-22-21(23-9-11-25-12-14-28-15-13-25)24-16-18-5-7-19(8-6-18)17-26-10-3-2-4-20(26)27/h2-8,10H,9,11-17H2,1H3,(H2,22,23,24). The molecule has 0 atom stereocenters. The van der Waals surface area contributed by atoms with E-state index in [0.29, 0.717) is 13.1 Å². The minimum atomic E-state index is 0.0141. The molecule has 3 rings (SSSR count). The third-order valence-corrected chi connectivity index (χ3v) is 4.78. The number of benzene rings is 1. The second-order valence-electron chi connectivity index (χ2n) is 6.79. The fraction of sp³-hybridized carbons (Fsp3) is 0.429. The van der Waals surface area contributed by atoms with E-state index in [-0.39, 0.29) is 5.56 Å². The topological polar surface area (TPSA) is 70.9 Å². The first-order valence-corrected chi connectivity index (χ1v) is 9.72. The summed E-state index contributed by atoms with van der Waals surface area (Å²) < 4.78 is 7.07. The van der Waals surface area contributed by atoms with Gasteiger partial charge in [-0.2, -0.15) is 0 Å². The predicted molar refractivity (Wildman–Crippen MR) is 112 cm³/mol. The van der Waals surface area contributed by atoms with Crippen LogP contribution in [0.25, 0.3) is 0 Å². The molecule has 1 aliphatic heterocycles. The highest BCUT2D eigenvalue weighted by Crippen LogP contribution is 2.05. The molecule has 1 aromatic carbocycles. The number of morpholine rings is 1. The average Bonchev–Trinajstić information content (AvgIpc) is 2.74. The van der Waals surface area contributed by atoms with Gasteiger partial charge in [-0.05, 0) is 17.2 Å². The van der Waals surface area contributed by atoms with Gasteiger partial charge in [0.05, 0.1) is 19.8 Å². The predicted octanol–water partition coefficient (Wildman–Crippen LogP) is 0.894. The van der Waals surface area contributed by atoms with Gasteiger partial charge in [0.1, 0.15) is 0 Å². The molecule has 7 nitrogen and oxygen atoms in total. The van der Waals surface area contributed by atoms with E-state index in [2.05, 4.69) is 44.8 Å². The van der Waals surface area contributed by atoms with Gasteiger partial charge in [0.2, 0.25) is 0 Å². The van der Waals surface area contributed by atoms with Crippen molar-refractivity contribution in [3.05, 3.63) is 70.1 Å². The monoisotopic (exact) mass is 383 g/mol. The minimum Gasteiger partial charge on any atom is -0.379 e. The zero-order chi connectivity index (χ0) is 19.6. The maximum Gasteiger partial charge on any atom is 0.250 e. The van der Waals surface area contributed by atoms with Crippen LogP contribution in [-0.2, 0) is 17.8 Å². The zero-order valence-electron chi connectivity index (χ0n) is 16.4. The summed E-state index contributed by atoms with van der Waals surface area (Å²) in [7, 11) is 1.78. The first-order valence-electron chi connectivity index (χ1n) is 9.72. The molecule has 0 radical (unpaired) electrons. The summed E-state index contributed by atoms with van der Waals surface area (Å²) in [5.41, 5.74) is 2.28. The highest BCUT2D eigenvalue weighted by atomic mass is 16.5. The van der Waals surface area contributed by atoms with E-state index in [0.717, 1.165) is 50.9 Å². The van der Waals surface area contributed by atoms with Crippen LogP contribution in [0.4, 0.5) is 0 Å². The molecule has 7 heteroatoms. The summed E-state index contributed by atoms with van der Waals surface area (Å²) >= 11 is 0. The van der Waals surface area contributed by atoms with Gasteiger partial charge in [-0.1, -0.05) is 30.3 Å². The molecule has 1 aliphatic rings. The lowest BCUT2D eigenvalue weighted by Crippen LogP contribution is -2.44. The molecular formula is C21H29N5O2. The lowest BCUT2D eigenvalue weighted by molar-refractivity contribution is 0.0389. The van der Waals surface area contributed by atoms with Crippen molar-refractivity contribution in [2.45, 2.75) is 13.1 Å². The Labute approximate surface area is 166 Å². The van der Waals surface area contributed by atoms with Crippen molar-refractivity contribution >= 4 is 5.96 Å². The maximum atomic E-state index is 11.8. The molecule has 1 fully saturated rings. The van der Waals surface area contributed by atoms with E-state index in [1.165, 1.54) is 5.56 Å². The number of hydrogen-bond donors (Lipinski definition) is 2. The lowest BCUT2D eigenvalue weighted by Gasteiger charge is -2.26. The van der Waals surface area contributed by atoms with Gasteiger partial charge in [0.25, 0.3) is 5.56 Å². The van der Waals surface area contributed by atoms with Gasteiger partial charge in [-0.15, -0.1) is 0 Å². The molecule has 2 aromatic rings. The van der Waals surface area contributed by atoms with E-state index < -0.39 is 0 Å². The molecule has 2 N–H and O–H groups in total. The maximum absolute atomic E-state index is 11.8. The van der Waals surface area contributed by atoms with Crippen LogP contribution in [0.2, 0.25) is 0 Å². The zero-order valence-corrected chi connectivity index (χ0v) is 16.4. The van der Waals surface area contributed by atoms with Gasteiger partial charge >= 0.3 is 0 Å². The number of aliphatic imine (C=N–C) groups is 1. The van der Waals surface area contributed by atoms with Gasteiger partial charge in [-0.25, -0.2) is 0 Å². The van der Waals surface area contributed by atoms with Gasteiger partial charge < -0.3 is 19.9 Å². The van der Waals surface area contributed by atoms with Crippen LogP contribution in [0, 0.1) is 0 Å². The highest BCUT2D eigenvalue weighted by molar-refractivity contribution is 5.79. The van der Waals surface area contributed by atoms with Crippen LogP contribution in [0.5, 0.6) is 0 Å². The molecule has 0 bridgehead atoms. The Morgan fingerprint density at radius 3 is 2.54 bits per heavy atom. The largest absolute Gasteiger partial charge is 0.379 e. The Morgan fingerprint density at radius 2 is 1.82 bits per heavy atom. The van der Waals surface area contributed by atoms with Crippen LogP contribution in [0.1, 0.15) is 11.1 Å². The summed E-state index contributed by atoms with van der Waals surface area (Å²) in [6.07, 6.45) is 1.81. The van der Waals surface area contributed by atoms with Crippen LogP contribution < -0.4 is 16.2 Å². The van der Waals surface area contributed by atoms with Crippen molar-refractivity contribution < 1.29 is 4.74 Å². The third kappa shape index (κ3) is 6.21. The molecule has 150 valence electrons. The van der Waals surface area contributed by atoms with Crippen molar-refractivity contribution in [1.29, 1.82) is 0 Å². The highest BCUT2D eigenvalue weighted by Gasteiger charge is 2.09. The van der Waals surface area contributed by atoms with E-state index in [1.807, 2.05) is 12.3 Å². The number of pyridine rings is 1. The number of nitrogens with one attached hydrogen (secondary N) is 2. The third-order valence-electron chi connectivity index (χ3n) is 4.78. The quantitative estimate of drug-likeness (QED) is 0.549. The fourth-order valence-corrected chi connectivity index (χ4v) is 3.11. The van der Waals surface area contributed by atoms with E-state index in [4.69, 9.17) is 4.74 Å². The van der Waals surface area contributed by atoms with E-state index in [1.54, 1.807) is 23.7 Å². The van der Waals surface area contributed by atoms with Crippen LogP contribution >= 0.6 is 0 Å². The van der Waals surface area contributed by atoms with E-state index >= 15 is 0 Å². The first-order chi connectivity index (χ1) is 13.7. The van der Waals surface area contributed by atoms with Crippen molar-refractivity contribution in [2.75, 3.05) is 46.4 Å². The Morgan fingerprint density at radius 1 is 1.07 bits per heavy atom. The normalized spacial score (nSPS) is 15.4. The number of rotatable bonds is 7. The molecule has 0 unspecified atom stereocenters. The van der Waals surface area contributed by atoms with E-state index in [9.17, 15) is 4.79 Å². The Kier molecular flexibility index (Phi) is 7.63. The molecule has 1 saturated heterocycles. The number of hydrogen-bond acceptors (Lipinski definition) is 4. The molecule has 0 saturated carbocycles. The number of ether oxygens (including phenoxy) is 1. The summed E-state index contributed by atoms with van der Waals surface area (Å²) in [6.45, 7) is 6.75. The van der Waals surface area contributed by atoms with Gasteiger partial charge in [0, 0.05) is 52.0 Å². The summed E-state index contributed by atoms with van der Waals surface area (Å²) in [4.78, 5) is 18.5. The number of nitrogens with zero attached hydrogens (tertiary/aromatic N) is 3. The van der Waals surface area contributed by atoms with Crippen molar-refractivity contribution in [3.63, 3.8) is 0 Å². The second kappa shape index (κ2) is 10.6. The van der Waals surface area contributed by atoms with Crippen molar-refractivity contribution in [1.82, 2.24) is 20.1 Å². The fourth-order valence-electron chi connectivity index (χ4n) is 3.11. The molecule has 0 spiro atoms. The number of aromatic nitrogens is 1. The van der Waals surface area contributed by atoms with Gasteiger partial charge in [0.15, 0.2) is 5.96 Å². The molecule has 0 aliphatic carbocycles. The summed E-state index contributed by atoms with van der Waals surface area (Å²) in [5, 5.41) is 6.70. The average molecular weight is 383 g/mol. The minimum absolute atomic E-state index is 0.0141. The van der Waals surface area contributed by atoms with Crippen LogP contribution in [0.3, 0.4) is 0 Å². The Bertz CT molecular complexity index is 810. The molecule has 28 heavy (non-hydrogen) atoms. The van der Waals surface area contributed by atoms with Gasteiger partial charge in [-0.3, -0.25) is 14.7 Å². The Balaban J connectivity index is 1.43. The van der Waals surface area contributed by atoms with Crippen LogP contribution in [0.15, 0.2) is 58.4 Å². The van der Waals surface area contributed by atoms with Crippen molar-refractivity contribution in [3.8, 4) is 0 Å². The van der Waals surface area contributed by atoms with Crippen molar-refractivity contribution in [2.24, 2.45) is 4.99 Å². The summed E-state index contributed by atoms with van der Waals surface area (Å²) in [5.74, 6) is 0.799. The van der Waals surface area contributed by atoms with Crippen LogP contribution in [-0.4, -0.2) is 61.9 Å². The molecule has 2 heterocycles. The Hall–Kier alpha value is -2.64.